The van der Waals surface area contributed by atoms with Gasteiger partial charge in [0.1, 0.15) is 0 Å². The van der Waals surface area contributed by atoms with Crippen molar-refractivity contribution in [1.82, 2.24) is 0 Å². The monoisotopic (exact) mass is 275 g/mol. The molecule has 2 rings (SSSR count). The van der Waals surface area contributed by atoms with Crippen molar-refractivity contribution in [2.75, 3.05) is 6.54 Å². The summed E-state index contributed by atoms with van der Waals surface area (Å²) >= 11 is 1.37. The predicted octanol–water partition coefficient (Wildman–Crippen LogP) is 3.38. The standard InChI is InChI=1S/C14H13NO3S/c16-13(14-7-4-8-19-14)9-12(10-15(17)18)11-5-2-1-3-6-11/h1-8,12H,9-10H2. The van der Waals surface area contributed by atoms with Gasteiger partial charge in [0, 0.05) is 11.3 Å². The molecule has 0 saturated carbocycles. The van der Waals surface area contributed by atoms with Crippen LogP contribution in [0.1, 0.15) is 27.6 Å². The van der Waals surface area contributed by atoms with Crippen molar-refractivity contribution >= 4 is 17.1 Å². The first kappa shape index (κ1) is 13.4. The minimum Gasteiger partial charge on any atom is -0.293 e. The molecule has 0 fully saturated rings. The van der Waals surface area contributed by atoms with E-state index in [-0.39, 0.29) is 29.6 Å². The van der Waals surface area contributed by atoms with Gasteiger partial charge in [-0.25, -0.2) is 0 Å². The number of Topliss-reactive ketones (excluding diaryl/α,β-unsaturated/α-hetero) is 1. The van der Waals surface area contributed by atoms with Crippen LogP contribution < -0.4 is 0 Å². The molecule has 1 heterocycles. The number of rotatable bonds is 6. The van der Waals surface area contributed by atoms with Crippen LogP contribution >= 0.6 is 11.3 Å². The molecular formula is C14H13NO3S. The fraction of sp³-hybridized carbons (Fsp3) is 0.214. The molecule has 5 heteroatoms. The maximum absolute atomic E-state index is 12.1. The fourth-order valence-corrected chi connectivity index (χ4v) is 2.63. The van der Waals surface area contributed by atoms with E-state index in [0.29, 0.717) is 4.88 Å². The van der Waals surface area contributed by atoms with E-state index in [9.17, 15) is 14.9 Å². The zero-order valence-corrected chi connectivity index (χ0v) is 11.0. The Balaban J connectivity index is 2.15. The summed E-state index contributed by atoms with van der Waals surface area (Å²) in [5, 5.41) is 12.6. The van der Waals surface area contributed by atoms with E-state index in [1.54, 1.807) is 6.07 Å². The number of hydrogen-bond donors (Lipinski definition) is 0. The summed E-state index contributed by atoms with van der Waals surface area (Å²) in [6.45, 7) is -0.221. The zero-order valence-electron chi connectivity index (χ0n) is 10.2. The highest BCUT2D eigenvalue weighted by atomic mass is 32.1. The number of ketones is 1. The lowest BCUT2D eigenvalue weighted by molar-refractivity contribution is -0.483. The Morgan fingerprint density at radius 2 is 1.95 bits per heavy atom. The molecule has 0 spiro atoms. The fourth-order valence-electron chi connectivity index (χ4n) is 1.95. The van der Waals surface area contributed by atoms with Crippen molar-refractivity contribution in [3.05, 3.63) is 68.4 Å². The van der Waals surface area contributed by atoms with Crippen LogP contribution in [0, 0.1) is 10.1 Å². The first-order valence-corrected chi connectivity index (χ1v) is 6.78. The first-order chi connectivity index (χ1) is 9.16. The molecule has 0 N–H and O–H groups in total. The molecule has 0 bridgehead atoms. The minimum absolute atomic E-state index is 0.0364. The molecule has 1 atom stereocenters. The Morgan fingerprint density at radius 1 is 1.21 bits per heavy atom. The van der Waals surface area contributed by atoms with Crippen molar-refractivity contribution in [3.63, 3.8) is 0 Å². The largest absolute Gasteiger partial charge is 0.293 e. The molecular weight excluding hydrogens is 262 g/mol. The van der Waals surface area contributed by atoms with E-state index in [1.807, 2.05) is 41.8 Å². The molecule has 1 unspecified atom stereocenters. The lowest BCUT2D eigenvalue weighted by Crippen LogP contribution is -2.16. The van der Waals surface area contributed by atoms with Gasteiger partial charge < -0.3 is 0 Å². The molecule has 19 heavy (non-hydrogen) atoms. The van der Waals surface area contributed by atoms with Gasteiger partial charge in [0.05, 0.1) is 10.8 Å². The molecule has 0 aliphatic heterocycles. The first-order valence-electron chi connectivity index (χ1n) is 5.90. The van der Waals surface area contributed by atoms with Crippen LogP contribution in [0.3, 0.4) is 0 Å². The van der Waals surface area contributed by atoms with Gasteiger partial charge in [-0.2, -0.15) is 0 Å². The van der Waals surface area contributed by atoms with Crippen LogP contribution in [0.25, 0.3) is 0 Å². The summed E-state index contributed by atoms with van der Waals surface area (Å²) in [6.07, 6.45) is 0.172. The molecule has 0 aliphatic rings. The maximum Gasteiger partial charge on any atom is 0.211 e. The van der Waals surface area contributed by atoms with E-state index in [4.69, 9.17) is 0 Å². The quantitative estimate of drug-likeness (QED) is 0.461. The van der Waals surface area contributed by atoms with Crippen LogP contribution in [0.15, 0.2) is 47.8 Å². The van der Waals surface area contributed by atoms with E-state index in [2.05, 4.69) is 0 Å². The summed E-state index contributed by atoms with van der Waals surface area (Å²) < 4.78 is 0. The summed E-state index contributed by atoms with van der Waals surface area (Å²) in [4.78, 5) is 23.1. The number of carbonyl (C=O) groups excluding carboxylic acids is 1. The highest BCUT2D eigenvalue weighted by Gasteiger charge is 2.22. The third kappa shape index (κ3) is 3.72. The van der Waals surface area contributed by atoms with Crippen LogP contribution in [-0.2, 0) is 0 Å². The molecule has 0 saturated heterocycles. The van der Waals surface area contributed by atoms with Crippen LogP contribution in [-0.4, -0.2) is 17.3 Å². The Hall–Kier alpha value is -2.01. The third-order valence-corrected chi connectivity index (χ3v) is 3.78. The van der Waals surface area contributed by atoms with E-state index >= 15 is 0 Å². The smallest absolute Gasteiger partial charge is 0.211 e. The summed E-state index contributed by atoms with van der Waals surface area (Å²) in [5.74, 6) is -0.406. The summed E-state index contributed by atoms with van der Waals surface area (Å²) in [6, 6.07) is 12.7. The maximum atomic E-state index is 12.1. The molecule has 98 valence electrons. The Labute approximate surface area is 114 Å². The SMILES string of the molecule is O=C(CC(C[N+](=O)[O-])c1ccccc1)c1cccs1. The highest BCUT2D eigenvalue weighted by Crippen LogP contribution is 2.23. The average molecular weight is 275 g/mol. The van der Waals surface area contributed by atoms with E-state index in [0.717, 1.165) is 5.56 Å². The molecule has 0 radical (unpaired) electrons. The Morgan fingerprint density at radius 3 is 2.53 bits per heavy atom. The van der Waals surface area contributed by atoms with Crippen molar-refractivity contribution < 1.29 is 9.72 Å². The van der Waals surface area contributed by atoms with Gasteiger partial charge in [-0.3, -0.25) is 14.9 Å². The van der Waals surface area contributed by atoms with Crippen LogP contribution in [0.2, 0.25) is 0 Å². The lowest BCUT2D eigenvalue weighted by atomic mass is 9.93. The minimum atomic E-state index is -0.370. The third-order valence-electron chi connectivity index (χ3n) is 2.87. The number of carbonyl (C=O) groups is 1. The molecule has 1 aromatic carbocycles. The number of nitrogens with zero attached hydrogens (tertiary/aromatic N) is 1. The van der Waals surface area contributed by atoms with Gasteiger partial charge in [-0.1, -0.05) is 36.4 Å². The van der Waals surface area contributed by atoms with Gasteiger partial charge in [0.15, 0.2) is 5.78 Å². The van der Waals surface area contributed by atoms with E-state index in [1.165, 1.54) is 11.3 Å². The normalized spacial score (nSPS) is 12.0. The Kier molecular flexibility index (Phi) is 4.41. The number of thiophene rings is 1. The van der Waals surface area contributed by atoms with Crippen LogP contribution in [0.5, 0.6) is 0 Å². The van der Waals surface area contributed by atoms with Gasteiger partial charge in [-0.05, 0) is 17.0 Å². The zero-order chi connectivity index (χ0) is 13.7. The Bertz CT molecular complexity index is 551. The molecule has 0 aliphatic carbocycles. The number of nitro groups is 1. The van der Waals surface area contributed by atoms with Gasteiger partial charge in [-0.15, -0.1) is 11.3 Å². The molecule has 4 nitrogen and oxygen atoms in total. The van der Waals surface area contributed by atoms with Crippen molar-refractivity contribution in [1.29, 1.82) is 0 Å². The topological polar surface area (TPSA) is 60.2 Å². The number of benzene rings is 1. The predicted molar refractivity (Wildman–Crippen MR) is 74.3 cm³/mol. The lowest BCUT2D eigenvalue weighted by Gasteiger charge is -2.11. The van der Waals surface area contributed by atoms with Crippen molar-refractivity contribution in [2.45, 2.75) is 12.3 Å². The van der Waals surface area contributed by atoms with Crippen LogP contribution in [0.4, 0.5) is 0 Å². The summed E-state index contributed by atoms with van der Waals surface area (Å²) in [7, 11) is 0. The van der Waals surface area contributed by atoms with Gasteiger partial charge in [0.25, 0.3) is 0 Å². The van der Waals surface area contributed by atoms with Crippen molar-refractivity contribution in [3.8, 4) is 0 Å². The second-order valence-corrected chi connectivity index (χ2v) is 5.18. The van der Waals surface area contributed by atoms with Crippen molar-refractivity contribution in [2.24, 2.45) is 0 Å². The van der Waals surface area contributed by atoms with Gasteiger partial charge in [0.2, 0.25) is 6.54 Å². The second-order valence-electron chi connectivity index (χ2n) is 4.23. The highest BCUT2D eigenvalue weighted by molar-refractivity contribution is 7.12. The second kappa shape index (κ2) is 6.24. The molecule has 1 aromatic heterocycles. The van der Waals surface area contributed by atoms with E-state index < -0.39 is 0 Å². The molecule has 2 aromatic rings. The van der Waals surface area contributed by atoms with Gasteiger partial charge >= 0.3 is 0 Å². The average Bonchev–Trinajstić information content (AvgIpc) is 2.92. The summed E-state index contributed by atoms with van der Waals surface area (Å²) in [5.41, 5.74) is 0.837. The molecule has 0 amide bonds. The number of hydrogen-bond acceptors (Lipinski definition) is 4.